The highest BCUT2D eigenvalue weighted by Gasteiger charge is 2.70. The summed E-state index contributed by atoms with van der Waals surface area (Å²) < 4.78 is 17.1. The van der Waals surface area contributed by atoms with E-state index in [0.717, 1.165) is 18.3 Å². The Labute approximate surface area is 222 Å². The third-order valence-electron chi connectivity index (χ3n) is 11.4. The maximum absolute atomic E-state index is 12.9. The molecule has 6 aliphatic rings. The molecule has 2 aliphatic heterocycles. The fraction of sp³-hybridized carbons (Fsp3) is 0.793. The molecular weight excluding hydrogens is 492 g/mol. The van der Waals surface area contributed by atoms with Crippen molar-refractivity contribution in [3.05, 3.63) is 23.8 Å². The zero-order chi connectivity index (χ0) is 27.1. The van der Waals surface area contributed by atoms with Crippen molar-refractivity contribution in [2.45, 2.75) is 107 Å². The molecule has 4 aliphatic carbocycles. The number of esters is 1. The van der Waals surface area contributed by atoms with Gasteiger partial charge >= 0.3 is 5.97 Å². The summed E-state index contributed by atoms with van der Waals surface area (Å²) in [5, 5.41) is 44.4. The molecule has 9 nitrogen and oxygen atoms in total. The zero-order valence-corrected chi connectivity index (χ0v) is 22.1. The van der Waals surface area contributed by atoms with Gasteiger partial charge in [-0.1, -0.05) is 19.1 Å². The van der Waals surface area contributed by atoms with Crippen molar-refractivity contribution in [2.75, 3.05) is 6.61 Å². The molecule has 4 fully saturated rings. The lowest BCUT2D eigenvalue weighted by molar-refractivity contribution is -0.274. The molecule has 2 heterocycles. The Balaban J connectivity index is 1.25. The lowest BCUT2D eigenvalue weighted by Gasteiger charge is -2.63. The highest BCUT2D eigenvalue weighted by Crippen LogP contribution is 2.69. The van der Waals surface area contributed by atoms with Crippen LogP contribution >= 0.6 is 0 Å². The molecule has 0 aromatic rings. The number of ether oxygens (including phenoxy) is 3. The number of hydrogen-bond donors (Lipinski definition) is 4. The van der Waals surface area contributed by atoms with Gasteiger partial charge in [0.2, 0.25) is 0 Å². The van der Waals surface area contributed by atoms with E-state index < -0.39 is 46.6 Å². The van der Waals surface area contributed by atoms with Crippen LogP contribution in [-0.4, -0.2) is 81.2 Å². The van der Waals surface area contributed by atoms with Gasteiger partial charge in [0.25, 0.3) is 0 Å². The summed E-state index contributed by atoms with van der Waals surface area (Å²) in [5.74, 6) is -0.789. The Morgan fingerprint density at radius 3 is 2.61 bits per heavy atom. The van der Waals surface area contributed by atoms with E-state index in [0.29, 0.717) is 32.1 Å². The Morgan fingerprint density at radius 1 is 1.13 bits per heavy atom. The fourth-order valence-corrected chi connectivity index (χ4v) is 9.17. The van der Waals surface area contributed by atoms with E-state index in [-0.39, 0.29) is 49.3 Å². The van der Waals surface area contributed by atoms with Gasteiger partial charge in [-0.15, -0.1) is 0 Å². The second-order valence-electron chi connectivity index (χ2n) is 12.9. The number of rotatable bonds is 4. The number of aldehydes is 1. The van der Waals surface area contributed by atoms with Crippen LogP contribution in [0.4, 0.5) is 0 Å². The van der Waals surface area contributed by atoms with E-state index in [4.69, 9.17) is 14.2 Å². The first-order valence-electron chi connectivity index (χ1n) is 14.1. The second-order valence-corrected chi connectivity index (χ2v) is 12.9. The van der Waals surface area contributed by atoms with Crippen LogP contribution in [0, 0.1) is 28.6 Å². The van der Waals surface area contributed by atoms with Gasteiger partial charge in [-0.25, -0.2) is 4.79 Å². The predicted molar refractivity (Wildman–Crippen MR) is 133 cm³/mol. The minimum absolute atomic E-state index is 0.0391. The summed E-state index contributed by atoms with van der Waals surface area (Å²) in [7, 11) is 0. The van der Waals surface area contributed by atoms with E-state index in [1.807, 2.05) is 6.08 Å². The van der Waals surface area contributed by atoms with Crippen molar-refractivity contribution in [1.82, 2.24) is 0 Å². The minimum Gasteiger partial charge on any atom is -0.458 e. The summed E-state index contributed by atoms with van der Waals surface area (Å²) in [6.07, 6.45) is 6.58. The molecule has 12 atom stereocenters. The molecule has 3 saturated carbocycles. The van der Waals surface area contributed by atoms with Crippen LogP contribution in [0.25, 0.3) is 0 Å². The summed E-state index contributed by atoms with van der Waals surface area (Å²) >= 11 is 0. The third kappa shape index (κ3) is 3.58. The molecule has 0 aromatic heterocycles. The lowest BCUT2D eigenvalue weighted by Crippen LogP contribution is -2.67. The monoisotopic (exact) mass is 532 g/mol. The van der Waals surface area contributed by atoms with Gasteiger partial charge in [-0.3, -0.25) is 0 Å². The summed E-state index contributed by atoms with van der Waals surface area (Å²) in [5.41, 5.74) is -3.03. The van der Waals surface area contributed by atoms with Crippen molar-refractivity contribution >= 4 is 12.3 Å². The van der Waals surface area contributed by atoms with E-state index in [2.05, 4.69) is 6.92 Å². The molecule has 4 N–H and O–H groups in total. The smallest absolute Gasteiger partial charge is 0.331 e. The average molecular weight is 533 g/mol. The van der Waals surface area contributed by atoms with Crippen LogP contribution in [-0.2, 0) is 23.8 Å². The van der Waals surface area contributed by atoms with Gasteiger partial charge in [-0.2, -0.15) is 0 Å². The molecule has 0 aromatic carbocycles. The number of carbonyl (C=O) groups excluding carboxylic acids is 2. The SMILES string of the molecule is C[C@H]1O[C@@H](O[C@H]2CC[C@]3(C=O)[C@H]4CC[C@]5(C)[C@@H](C6=CC(=O)OC6)CC[C@]5(O)[C@@H]4C=C[C@]3(O)C2)C[C@@H](O)[C@@H]1O. The molecular formula is C29H40O9. The Hall–Kier alpha value is -1.62. The highest BCUT2D eigenvalue weighted by atomic mass is 16.7. The number of aliphatic hydroxyl groups excluding tert-OH is 2. The van der Waals surface area contributed by atoms with E-state index in [1.54, 1.807) is 19.1 Å². The van der Waals surface area contributed by atoms with Gasteiger partial charge in [0.05, 0.1) is 34.9 Å². The Bertz CT molecular complexity index is 1040. The van der Waals surface area contributed by atoms with Crippen molar-refractivity contribution in [3.63, 3.8) is 0 Å². The van der Waals surface area contributed by atoms with Crippen molar-refractivity contribution in [3.8, 4) is 0 Å². The van der Waals surface area contributed by atoms with Crippen LogP contribution in [0.3, 0.4) is 0 Å². The van der Waals surface area contributed by atoms with E-state index >= 15 is 0 Å². The van der Waals surface area contributed by atoms with Crippen LogP contribution in [0.5, 0.6) is 0 Å². The Kier molecular flexibility index (Phi) is 6.26. The number of fused-ring (bicyclic) bond motifs is 5. The van der Waals surface area contributed by atoms with Gasteiger partial charge in [-0.05, 0) is 62.9 Å². The first-order chi connectivity index (χ1) is 18.0. The number of aliphatic hydroxyl groups is 4. The van der Waals surface area contributed by atoms with Crippen molar-refractivity contribution in [1.29, 1.82) is 0 Å². The summed E-state index contributed by atoms with van der Waals surface area (Å²) in [6, 6.07) is 0. The van der Waals surface area contributed by atoms with Crippen LogP contribution in [0.15, 0.2) is 23.8 Å². The van der Waals surface area contributed by atoms with Gasteiger partial charge in [0, 0.05) is 30.3 Å². The second kappa shape index (κ2) is 8.94. The zero-order valence-electron chi connectivity index (χ0n) is 22.1. The normalized spacial score (nSPS) is 53.9. The van der Waals surface area contributed by atoms with E-state index in [9.17, 15) is 30.0 Å². The molecule has 0 bridgehead atoms. The van der Waals surface area contributed by atoms with Gasteiger partial charge in [0.15, 0.2) is 6.29 Å². The molecule has 0 amide bonds. The maximum Gasteiger partial charge on any atom is 0.331 e. The van der Waals surface area contributed by atoms with Crippen LogP contribution in [0.1, 0.15) is 65.2 Å². The fourth-order valence-electron chi connectivity index (χ4n) is 9.17. The molecule has 0 spiro atoms. The lowest BCUT2D eigenvalue weighted by atomic mass is 9.43. The minimum atomic E-state index is -1.42. The Morgan fingerprint density at radius 2 is 1.92 bits per heavy atom. The first kappa shape index (κ1) is 26.6. The van der Waals surface area contributed by atoms with Crippen LogP contribution in [0.2, 0.25) is 0 Å². The molecule has 38 heavy (non-hydrogen) atoms. The molecule has 210 valence electrons. The molecule has 1 saturated heterocycles. The predicted octanol–water partition coefficient (Wildman–Crippen LogP) is 1.56. The topological polar surface area (TPSA) is 143 Å². The largest absolute Gasteiger partial charge is 0.458 e. The maximum atomic E-state index is 12.9. The number of hydrogen-bond acceptors (Lipinski definition) is 9. The molecule has 9 heteroatoms. The molecule has 0 unspecified atom stereocenters. The van der Waals surface area contributed by atoms with Crippen molar-refractivity contribution in [2.24, 2.45) is 28.6 Å². The molecule has 0 radical (unpaired) electrons. The van der Waals surface area contributed by atoms with Gasteiger partial charge < -0.3 is 39.4 Å². The van der Waals surface area contributed by atoms with Crippen LogP contribution < -0.4 is 0 Å². The first-order valence-corrected chi connectivity index (χ1v) is 14.1. The summed E-state index contributed by atoms with van der Waals surface area (Å²) in [4.78, 5) is 24.7. The third-order valence-corrected chi connectivity index (χ3v) is 11.4. The number of carbonyl (C=O) groups is 2. The van der Waals surface area contributed by atoms with Gasteiger partial charge in [0.1, 0.15) is 19.0 Å². The van der Waals surface area contributed by atoms with Crippen molar-refractivity contribution < 1.29 is 44.2 Å². The standard InChI is InChI=1S/C29H40O9/c1-16-25(33)22(31)12-24(37-16)38-18-3-8-27(15-30)20-4-7-26(2)19(17-11-23(32)36-14-17)6-10-29(26,35)21(20)5-9-28(27,34)13-18/h5,9,11,15-16,18-22,24-25,31,33-35H,3-4,6-8,10,12-14H2,1-2H3/t16-,18+,19-,20+,21-,22-,24+,25-,26-,27+,28+,29+/m1/s1. The quantitative estimate of drug-likeness (QED) is 0.241. The molecule has 6 rings (SSSR count). The number of cyclic esters (lactones) is 1. The summed E-state index contributed by atoms with van der Waals surface area (Å²) in [6.45, 7) is 4.06. The average Bonchev–Trinajstić information content (AvgIpc) is 3.41. The van der Waals surface area contributed by atoms with E-state index in [1.165, 1.54) is 0 Å². The highest BCUT2D eigenvalue weighted by molar-refractivity contribution is 5.85.